The van der Waals surface area contributed by atoms with Gasteiger partial charge in [0, 0.05) is 11.1 Å². The van der Waals surface area contributed by atoms with Crippen LogP contribution in [0, 0.1) is 0 Å². The zero-order chi connectivity index (χ0) is 26.4. The Morgan fingerprint density at radius 2 is 1.83 bits per heavy atom. The molecule has 7 nitrogen and oxygen atoms in total. The van der Waals surface area contributed by atoms with Gasteiger partial charge in [0.2, 0.25) is 5.82 Å². The van der Waals surface area contributed by atoms with Crippen LogP contribution in [0.2, 0.25) is 0 Å². The van der Waals surface area contributed by atoms with E-state index >= 15 is 0 Å². The van der Waals surface area contributed by atoms with Crippen LogP contribution in [0.4, 0.5) is 26.3 Å². The molecule has 0 unspecified atom stereocenters. The molecule has 0 spiro atoms. The van der Waals surface area contributed by atoms with E-state index in [9.17, 15) is 36.2 Å². The topological polar surface area (TPSA) is 86.5 Å². The van der Waals surface area contributed by atoms with Gasteiger partial charge in [-0.1, -0.05) is 12.1 Å². The zero-order valence-corrected chi connectivity index (χ0v) is 19.8. The number of benzene rings is 2. The number of alkyl halides is 6. The summed E-state index contributed by atoms with van der Waals surface area (Å²) in [4.78, 5) is 11.6. The van der Waals surface area contributed by atoms with Crippen molar-refractivity contribution in [1.82, 2.24) is 14.8 Å². The monoisotopic (exact) mass is 579 g/mol. The van der Waals surface area contributed by atoms with Crippen molar-refractivity contribution in [2.45, 2.75) is 37.9 Å². The average molecular weight is 580 g/mol. The number of nitrogens with zero attached hydrogens (tertiary/aromatic N) is 3. The number of aromatic nitrogens is 3. The van der Waals surface area contributed by atoms with Gasteiger partial charge in [0.05, 0.1) is 28.8 Å². The molecule has 14 heteroatoms. The van der Waals surface area contributed by atoms with Crippen molar-refractivity contribution in [1.29, 1.82) is 0 Å². The van der Waals surface area contributed by atoms with Crippen LogP contribution in [-0.2, 0) is 21.9 Å². The smallest absolute Gasteiger partial charge is 0.452 e. The minimum absolute atomic E-state index is 0.212. The molecule has 192 valence electrons. The van der Waals surface area contributed by atoms with Crippen molar-refractivity contribution in [3.8, 4) is 11.4 Å². The second-order valence-electron chi connectivity index (χ2n) is 7.68. The van der Waals surface area contributed by atoms with Gasteiger partial charge in [-0.15, -0.1) is 10.2 Å². The molecule has 0 aliphatic carbocycles. The van der Waals surface area contributed by atoms with E-state index in [4.69, 9.17) is 9.47 Å². The Morgan fingerprint density at radius 1 is 1.11 bits per heavy atom. The number of halogens is 7. The maximum Gasteiger partial charge on any atom is 0.452 e. The highest BCUT2D eigenvalue weighted by Crippen LogP contribution is 2.47. The third-order valence-corrected chi connectivity index (χ3v) is 6.19. The Hall–Kier alpha value is -3.13. The fourth-order valence-electron chi connectivity index (χ4n) is 3.90. The largest absolute Gasteiger partial charge is 0.493 e. The normalized spacial score (nSPS) is 17.8. The van der Waals surface area contributed by atoms with Crippen molar-refractivity contribution >= 4 is 21.9 Å². The van der Waals surface area contributed by atoms with E-state index < -0.39 is 54.2 Å². The van der Waals surface area contributed by atoms with Crippen molar-refractivity contribution in [3.63, 3.8) is 0 Å². The van der Waals surface area contributed by atoms with E-state index in [1.165, 1.54) is 12.1 Å². The molecule has 0 bridgehead atoms. The van der Waals surface area contributed by atoms with Crippen LogP contribution in [-0.4, -0.2) is 32.4 Å². The Bertz CT molecular complexity index is 1310. The molecule has 0 amide bonds. The summed E-state index contributed by atoms with van der Waals surface area (Å²) >= 11 is 3.34. The Labute approximate surface area is 207 Å². The number of ether oxygens (including phenoxy) is 2. The maximum atomic E-state index is 13.8. The molecular weight excluding hydrogens is 564 g/mol. The number of aliphatic carboxylic acids is 1. The Morgan fingerprint density at radius 3 is 2.44 bits per heavy atom. The molecule has 0 saturated carbocycles. The fourth-order valence-corrected chi connectivity index (χ4v) is 4.49. The van der Waals surface area contributed by atoms with Gasteiger partial charge in [-0.3, -0.25) is 9.36 Å². The zero-order valence-electron chi connectivity index (χ0n) is 18.2. The lowest BCUT2D eigenvalue weighted by Gasteiger charge is -2.24. The Balaban J connectivity index is 2.05. The van der Waals surface area contributed by atoms with E-state index in [-0.39, 0.29) is 27.9 Å². The van der Waals surface area contributed by atoms with Crippen LogP contribution < -0.4 is 4.74 Å². The predicted molar refractivity (Wildman–Crippen MR) is 115 cm³/mol. The summed E-state index contributed by atoms with van der Waals surface area (Å²) in [5, 5.41) is 16.1. The summed E-state index contributed by atoms with van der Waals surface area (Å²) in [5.41, 5.74) is -1.54. The van der Waals surface area contributed by atoms with Gasteiger partial charge in [-0.2, -0.15) is 26.3 Å². The SMILES string of the molecule is CCOc1cccc([C@H]2O[C@H](CC(=O)O)c3nnc(C(F)(F)F)n3-c3ccc(C(F)(F)F)cc32)c1Br. The van der Waals surface area contributed by atoms with E-state index in [1.54, 1.807) is 13.0 Å². The molecule has 1 aliphatic heterocycles. The first kappa shape index (κ1) is 25.9. The fraction of sp³-hybridized carbons (Fsp3) is 0.318. The van der Waals surface area contributed by atoms with Gasteiger partial charge >= 0.3 is 18.3 Å². The van der Waals surface area contributed by atoms with E-state index in [2.05, 4.69) is 26.1 Å². The first-order valence-electron chi connectivity index (χ1n) is 10.3. The number of carbonyl (C=O) groups is 1. The molecule has 4 rings (SSSR count). The summed E-state index contributed by atoms with van der Waals surface area (Å²) in [6.45, 7) is 1.96. The molecule has 36 heavy (non-hydrogen) atoms. The third kappa shape index (κ3) is 4.78. The van der Waals surface area contributed by atoms with Gasteiger partial charge in [0.25, 0.3) is 0 Å². The number of fused-ring (bicyclic) bond motifs is 3. The van der Waals surface area contributed by atoms with Crippen LogP contribution in [0.1, 0.15) is 53.9 Å². The van der Waals surface area contributed by atoms with Crippen molar-refractivity contribution in [3.05, 3.63) is 69.2 Å². The summed E-state index contributed by atoms with van der Waals surface area (Å²) in [6.07, 6.45) is -13.7. The van der Waals surface area contributed by atoms with Crippen molar-refractivity contribution < 1.29 is 45.7 Å². The maximum absolute atomic E-state index is 13.8. The van der Waals surface area contributed by atoms with E-state index in [1.807, 2.05) is 0 Å². The van der Waals surface area contributed by atoms with Crippen LogP contribution in [0.5, 0.6) is 5.75 Å². The van der Waals surface area contributed by atoms with Crippen LogP contribution in [0.25, 0.3) is 5.69 Å². The highest BCUT2D eigenvalue weighted by Gasteiger charge is 2.44. The molecule has 2 aromatic carbocycles. The molecule has 0 saturated heterocycles. The number of carboxylic acid groups (broad SMARTS) is 1. The van der Waals surface area contributed by atoms with Gasteiger partial charge in [0.15, 0.2) is 5.82 Å². The first-order valence-corrected chi connectivity index (χ1v) is 11.1. The molecule has 3 aromatic rings. The molecule has 1 aliphatic rings. The quantitative estimate of drug-likeness (QED) is 0.367. The summed E-state index contributed by atoms with van der Waals surface area (Å²) < 4.78 is 94.6. The number of hydrogen-bond acceptors (Lipinski definition) is 5. The minimum Gasteiger partial charge on any atom is -0.493 e. The molecule has 1 N–H and O–H groups in total. The summed E-state index contributed by atoms with van der Waals surface area (Å²) in [6, 6.07) is 6.75. The minimum atomic E-state index is -5.05. The Kier molecular flexibility index (Phi) is 6.77. The highest BCUT2D eigenvalue weighted by atomic mass is 79.9. The number of hydrogen-bond donors (Lipinski definition) is 1. The summed E-state index contributed by atoms with van der Waals surface area (Å²) in [7, 11) is 0. The predicted octanol–water partition coefficient (Wildman–Crippen LogP) is 6.10. The summed E-state index contributed by atoms with van der Waals surface area (Å²) in [5.74, 6) is -3.15. The number of rotatable bonds is 5. The molecule has 2 atom stereocenters. The van der Waals surface area contributed by atoms with Crippen LogP contribution >= 0.6 is 15.9 Å². The molecule has 2 heterocycles. The highest BCUT2D eigenvalue weighted by molar-refractivity contribution is 9.10. The second kappa shape index (κ2) is 9.39. The van der Waals surface area contributed by atoms with Gasteiger partial charge in [0.1, 0.15) is 18.0 Å². The standard InChI is InChI=1S/C22H16BrF6N3O4/c1-2-35-14-5-3-4-11(17(14)23)18-12-8-10(21(24,25)26)6-7-13(12)32-19(15(36-18)9-16(33)34)30-31-20(32)22(27,28)29/h3-8,15,18H,2,9H2,1H3,(H,33,34)/t15-,18-/m1/s1. The van der Waals surface area contributed by atoms with E-state index in [0.717, 1.165) is 6.07 Å². The van der Waals surface area contributed by atoms with E-state index in [0.29, 0.717) is 22.4 Å². The van der Waals surface area contributed by atoms with Crippen LogP contribution in [0.3, 0.4) is 0 Å². The lowest BCUT2D eigenvalue weighted by Crippen LogP contribution is -2.17. The van der Waals surface area contributed by atoms with Crippen LogP contribution in [0.15, 0.2) is 40.9 Å². The third-order valence-electron chi connectivity index (χ3n) is 5.34. The van der Waals surface area contributed by atoms with Crippen molar-refractivity contribution in [2.24, 2.45) is 0 Å². The van der Waals surface area contributed by atoms with Gasteiger partial charge in [-0.25, -0.2) is 0 Å². The second-order valence-corrected chi connectivity index (χ2v) is 8.47. The molecular formula is C22H16BrF6N3O4. The molecule has 0 fully saturated rings. The first-order chi connectivity index (χ1) is 16.8. The lowest BCUT2D eigenvalue weighted by atomic mass is 9.97. The molecule has 1 aromatic heterocycles. The number of carboxylic acids is 1. The molecule has 0 radical (unpaired) electrons. The van der Waals surface area contributed by atoms with Gasteiger partial charge in [-0.05, 0) is 47.1 Å². The van der Waals surface area contributed by atoms with Gasteiger partial charge < -0.3 is 14.6 Å². The van der Waals surface area contributed by atoms with Crippen molar-refractivity contribution in [2.75, 3.05) is 6.61 Å². The lowest BCUT2D eigenvalue weighted by molar-refractivity contribution is -0.146. The average Bonchev–Trinajstić information content (AvgIpc) is 3.18.